The van der Waals surface area contributed by atoms with Crippen LogP contribution in [-0.4, -0.2) is 6.10 Å². The third kappa shape index (κ3) is 2.96. The maximum Gasteiger partial charge on any atom is 0.201 e. The first kappa shape index (κ1) is 12.6. The van der Waals surface area contributed by atoms with Gasteiger partial charge >= 0.3 is 0 Å². The van der Waals surface area contributed by atoms with E-state index in [1.807, 2.05) is 6.08 Å². The van der Waals surface area contributed by atoms with Gasteiger partial charge in [0.05, 0.1) is 6.10 Å². The lowest BCUT2D eigenvalue weighted by Gasteiger charge is -2.08. The summed E-state index contributed by atoms with van der Waals surface area (Å²) in [5.41, 5.74) is 0.313. The van der Waals surface area contributed by atoms with Gasteiger partial charge in [0, 0.05) is 5.56 Å². The molecule has 0 aromatic heterocycles. The lowest BCUT2D eigenvalue weighted by molar-refractivity contribution is 0.282. The molecule has 0 bridgehead atoms. The van der Waals surface area contributed by atoms with Crippen molar-refractivity contribution in [1.29, 1.82) is 0 Å². The number of allylic oxidation sites excluding steroid dienone is 1. The molecule has 0 heterocycles. The van der Waals surface area contributed by atoms with Gasteiger partial charge in [-0.05, 0) is 43.7 Å². The van der Waals surface area contributed by atoms with Crippen molar-refractivity contribution in [3.63, 3.8) is 0 Å². The molecule has 102 valence electrons. The lowest BCUT2D eigenvalue weighted by Crippen LogP contribution is -2.01. The predicted molar refractivity (Wildman–Crippen MR) is 71.0 cm³/mol. The van der Waals surface area contributed by atoms with Crippen LogP contribution in [0.1, 0.15) is 44.1 Å². The first-order valence-electron chi connectivity index (χ1n) is 7.07. The number of rotatable bonds is 4. The Kier molecular flexibility index (Phi) is 3.54. The van der Waals surface area contributed by atoms with Crippen molar-refractivity contribution in [2.24, 2.45) is 5.92 Å². The van der Waals surface area contributed by atoms with E-state index in [4.69, 9.17) is 4.74 Å². The third-order valence-electron chi connectivity index (χ3n) is 3.84. The summed E-state index contributed by atoms with van der Waals surface area (Å²) in [7, 11) is 0. The molecule has 3 rings (SSSR count). The Labute approximate surface area is 112 Å². The van der Waals surface area contributed by atoms with Gasteiger partial charge in [0.25, 0.3) is 0 Å². The molecule has 1 aromatic carbocycles. The Morgan fingerprint density at radius 1 is 1.00 bits per heavy atom. The monoisotopic (exact) mass is 264 g/mol. The summed E-state index contributed by atoms with van der Waals surface area (Å²) in [6.45, 7) is 0. The molecule has 3 heteroatoms. The number of ether oxygens (including phenoxy) is 1. The van der Waals surface area contributed by atoms with Gasteiger partial charge in [-0.25, -0.2) is 4.39 Å². The van der Waals surface area contributed by atoms with Crippen LogP contribution in [0.3, 0.4) is 0 Å². The van der Waals surface area contributed by atoms with Crippen molar-refractivity contribution < 1.29 is 13.5 Å². The zero-order valence-electron chi connectivity index (χ0n) is 10.9. The van der Waals surface area contributed by atoms with Crippen LogP contribution >= 0.6 is 0 Å². The fraction of sp³-hybridized carbons (Fsp3) is 0.500. The van der Waals surface area contributed by atoms with Crippen molar-refractivity contribution in [3.05, 3.63) is 35.4 Å². The average Bonchev–Trinajstić information content (AvgIpc) is 3.07. The van der Waals surface area contributed by atoms with Crippen LogP contribution in [0.4, 0.5) is 8.78 Å². The second-order valence-electron chi connectivity index (χ2n) is 5.50. The van der Waals surface area contributed by atoms with Gasteiger partial charge in [0.15, 0.2) is 11.6 Å². The summed E-state index contributed by atoms with van der Waals surface area (Å²) in [5, 5.41) is 0. The van der Waals surface area contributed by atoms with Gasteiger partial charge in [-0.2, -0.15) is 4.39 Å². The second kappa shape index (κ2) is 5.32. The highest BCUT2D eigenvalue weighted by Gasteiger charge is 2.26. The van der Waals surface area contributed by atoms with Crippen LogP contribution < -0.4 is 4.74 Å². The number of hydrogen-bond donors (Lipinski definition) is 0. The summed E-state index contributed by atoms with van der Waals surface area (Å²) in [5.74, 6) is -1.10. The molecule has 2 saturated carbocycles. The molecule has 0 atom stereocenters. The molecule has 0 radical (unpaired) electrons. The molecule has 0 aliphatic heterocycles. The smallest absolute Gasteiger partial charge is 0.201 e. The largest absolute Gasteiger partial charge is 0.487 e. The van der Waals surface area contributed by atoms with Crippen molar-refractivity contribution in [2.45, 2.75) is 44.6 Å². The highest BCUT2D eigenvalue weighted by atomic mass is 19.2. The highest BCUT2D eigenvalue weighted by molar-refractivity contribution is 5.52. The molecule has 19 heavy (non-hydrogen) atoms. The highest BCUT2D eigenvalue weighted by Crippen LogP contribution is 2.31. The Morgan fingerprint density at radius 2 is 1.74 bits per heavy atom. The molecule has 0 saturated heterocycles. The lowest BCUT2D eigenvalue weighted by atomic mass is 10.1. The first-order chi connectivity index (χ1) is 9.24. The molecule has 0 unspecified atom stereocenters. The van der Waals surface area contributed by atoms with E-state index in [2.05, 4.69) is 0 Å². The zero-order valence-corrected chi connectivity index (χ0v) is 10.9. The predicted octanol–water partition coefficient (Wildman–Crippen LogP) is 4.71. The van der Waals surface area contributed by atoms with Gasteiger partial charge in [0.2, 0.25) is 5.82 Å². The van der Waals surface area contributed by atoms with Gasteiger partial charge in [-0.1, -0.05) is 25.0 Å². The quantitative estimate of drug-likeness (QED) is 0.765. The maximum atomic E-state index is 13.9. The van der Waals surface area contributed by atoms with Gasteiger partial charge in [-0.15, -0.1) is 0 Å². The van der Waals surface area contributed by atoms with Crippen LogP contribution in [0.2, 0.25) is 0 Å². The van der Waals surface area contributed by atoms with Crippen LogP contribution in [-0.2, 0) is 0 Å². The fourth-order valence-corrected chi connectivity index (χ4v) is 2.52. The van der Waals surface area contributed by atoms with Crippen LogP contribution in [0, 0.1) is 17.6 Å². The summed E-state index contributed by atoms with van der Waals surface area (Å²) in [6.07, 6.45) is 10.4. The van der Waals surface area contributed by atoms with E-state index in [1.54, 1.807) is 12.1 Å². The Hall–Kier alpha value is -1.38. The van der Waals surface area contributed by atoms with E-state index in [-0.39, 0.29) is 11.9 Å². The minimum Gasteiger partial charge on any atom is -0.487 e. The minimum atomic E-state index is -0.861. The molecule has 2 aliphatic carbocycles. The molecule has 0 N–H and O–H groups in total. The third-order valence-corrected chi connectivity index (χ3v) is 3.84. The number of hydrogen-bond acceptors (Lipinski definition) is 1. The van der Waals surface area contributed by atoms with Crippen molar-refractivity contribution >= 4 is 6.08 Å². The normalized spacial score (nSPS) is 20.3. The van der Waals surface area contributed by atoms with E-state index in [1.165, 1.54) is 18.9 Å². The van der Waals surface area contributed by atoms with Crippen molar-refractivity contribution in [3.8, 4) is 5.75 Å². The minimum absolute atomic E-state index is 0.0398. The maximum absolute atomic E-state index is 13.9. The SMILES string of the molecule is Fc1c(/C=C/C2CCCC2)ccc(OC2CC2)c1F. The summed E-state index contributed by atoms with van der Waals surface area (Å²) >= 11 is 0. The number of benzene rings is 1. The summed E-state index contributed by atoms with van der Waals surface area (Å²) in [4.78, 5) is 0. The van der Waals surface area contributed by atoms with Crippen LogP contribution in [0.5, 0.6) is 5.75 Å². The molecule has 0 amide bonds. The second-order valence-corrected chi connectivity index (χ2v) is 5.50. The van der Waals surface area contributed by atoms with Crippen molar-refractivity contribution in [2.75, 3.05) is 0 Å². The molecule has 0 spiro atoms. The van der Waals surface area contributed by atoms with E-state index in [0.29, 0.717) is 11.5 Å². The van der Waals surface area contributed by atoms with Gasteiger partial charge in [-0.3, -0.25) is 0 Å². The van der Waals surface area contributed by atoms with Crippen LogP contribution in [0.15, 0.2) is 18.2 Å². The number of halogens is 2. The Balaban J connectivity index is 1.75. The summed E-state index contributed by atoms with van der Waals surface area (Å²) < 4.78 is 33.0. The fourth-order valence-electron chi connectivity index (χ4n) is 2.52. The van der Waals surface area contributed by atoms with Crippen molar-refractivity contribution in [1.82, 2.24) is 0 Å². The van der Waals surface area contributed by atoms with E-state index in [9.17, 15) is 8.78 Å². The topological polar surface area (TPSA) is 9.23 Å². The van der Waals surface area contributed by atoms with E-state index >= 15 is 0 Å². The molecule has 1 nitrogen and oxygen atoms in total. The summed E-state index contributed by atoms with van der Waals surface area (Å²) in [6, 6.07) is 3.13. The van der Waals surface area contributed by atoms with E-state index < -0.39 is 11.6 Å². The average molecular weight is 264 g/mol. The Bertz CT molecular complexity index is 486. The Morgan fingerprint density at radius 3 is 2.42 bits per heavy atom. The van der Waals surface area contributed by atoms with Crippen LogP contribution in [0.25, 0.3) is 6.08 Å². The molecule has 2 aliphatic rings. The van der Waals surface area contributed by atoms with Gasteiger partial charge in [0.1, 0.15) is 0 Å². The first-order valence-corrected chi connectivity index (χ1v) is 7.07. The molecule has 2 fully saturated rings. The molecule has 1 aromatic rings. The zero-order chi connectivity index (χ0) is 13.2. The van der Waals surface area contributed by atoms with Gasteiger partial charge < -0.3 is 4.74 Å². The standard InChI is InChI=1S/C16H18F2O/c17-15-12(6-5-11-3-1-2-4-11)7-10-14(16(15)18)19-13-8-9-13/h5-7,10-11,13H,1-4,8-9H2/b6-5+. The van der Waals surface area contributed by atoms with E-state index in [0.717, 1.165) is 25.7 Å². The molecular weight excluding hydrogens is 246 g/mol. The molecular formula is C16H18F2O.